The number of aromatic nitrogens is 5. The summed E-state index contributed by atoms with van der Waals surface area (Å²) in [5.41, 5.74) is 4.71. The van der Waals surface area contributed by atoms with Crippen LogP contribution in [-0.4, -0.2) is 35.7 Å². The first-order valence-electron chi connectivity index (χ1n) is 12.3. The highest BCUT2D eigenvalue weighted by Crippen LogP contribution is 2.42. The molecule has 1 aliphatic rings. The molecule has 0 spiro atoms. The van der Waals surface area contributed by atoms with Crippen LogP contribution < -0.4 is 4.90 Å². The van der Waals surface area contributed by atoms with Gasteiger partial charge in [-0.1, -0.05) is 41.9 Å². The van der Waals surface area contributed by atoms with E-state index >= 15 is 0 Å². The molecule has 1 aromatic carbocycles. The van der Waals surface area contributed by atoms with E-state index in [1.165, 1.54) is 4.90 Å². The Hall–Kier alpha value is -3.91. The molecule has 0 saturated heterocycles. The molecule has 1 fully saturated rings. The number of imidazole rings is 1. The molecule has 9 heteroatoms. The van der Waals surface area contributed by atoms with Crippen molar-refractivity contribution in [2.45, 2.75) is 51.7 Å². The number of benzene rings is 1. The van der Waals surface area contributed by atoms with Crippen molar-refractivity contribution in [3.8, 4) is 11.1 Å². The van der Waals surface area contributed by atoms with Crippen LogP contribution in [0.25, 0.3) is 22.4 Å². The van der Waals surface area contributed by atoms with Crippen molar-refractivity contribution in [2.75, 3.05) is 4.90 Å². The quantitative estimate of drug-likeness (QED) is 0.250. The Morgan fingerprint density at radius 1 is 1.11 bits per heavy atom. The zero-order chi connectivity index (χ0) is 25.7. The lowest BCUT2D eigenvalue weighted by molar-refractivity contribution is 0.0575. The minimum Gasteiger partial charge on any atom is -0.443 e. The Kier molecular flexibility index (Phi) is 5.64. The van der Waals surface area contributed by atoms with Gasteiger partial charge in [-0.25, -0.2) is 14.8 Å². The van der Waals surface area contributed by atoms with Gasteiger partial charge in [-0.15, -0.1) is 0 Å². The number of carbonyl (C=O) groups is 1. The molecule has 1 aliphatic carbocycles. The number of hydrogen-bond donors (Lipinski definition) is 0. The Morgan fingerprint density at radius 2 is 1.89 bits per heavy atom. The number of ether oxygens (including phenoxy) is 1. The van der Waals surface area contributed by atoms with Crippen molar-refractivity contribution in [3.63, 3.8) is 0 Å². The largest absolute Gasteiger partial charge is 0.443 e. The van der Waals surface area contributed by atoms with Gasteiger partial charge in [0, 0.05) is 24.0 Å². The van der Waals surface area contributed by atoms with E-state index in [1.807, 2.05) is 68.0 Å². The maximum Gasteiger partial charge on any atom is 0.416 e. The van der Waals surface area contributed by atoms with Gasteiger partial charge in [0.05, 0.1) is 18.4 Å². The second-order valence-electron chi connectivity index (χ2n) is 10.4. The lowest BCUT2D eigenvalue weighted by atomic mass is 10.1. The van der Waals surface area contributed by atoms with Crippen LogP contribution in [0.2, 0.25) is 5.15 Å². The molecular formula is C28H27ClN6O2. The van der Waals surface area contributed by atoms with Crippen molar-refractivity contribution < 1.29 is 9.53 Å². The van der Waals surface area contributed by atoms with E-state index in [4.69, 9.17) is 21.3 Å². The first-order chi connectivity index (χ1) is 17.7. The highest BCUT2D eigenvalue weighted by molar-refractivity contribution is 6.29. The summed E-state index contributed by atoms with van der Waals surface area (Å²) in [6.45, 7) is 5.69. The van der Waals surface area contributed by atoms with E-state index in [9.17, 15) is 4.79 Å². The Morgan fingerprint density at radius 3 is 2.62 bits per heavy atom. The second kappa shape index (κ2) is 8.88. The highest BCUT2D eigenvalue weighted by Gasteiger charge is 2.31. The van der Waals surface area contributed by atoms with Crippen LogP contribution in [0.4, 0.5) is 10.6 Å². The molecule has 0 radical (unpaired) electrons. The third kappa shape index (κ3) is 4.76. The predicted molar refractivity (Wildman–Crippen MR) is 143 cm³/mol. The van der Waals surface area contributed by atoms with Gasteiger partial charge in [-0.3, -0.25) is 4.90 Å². The summed E-state index contributed by atoms with van der Waals surface area (Å²) in [7, 11) is 0. The number of pyridine rings is 1. The van der Waals surface area contributed by atoms with Gasteiger partial charge in [-0.05, 0) is 62.8 Å². The molecule has 0 unspecified atom stereocenters. The molecule has 0 N–H and O–H groups in total. The summed E-state index contributed by atoms with van der Waals surface area (Å²) >= 11 is 6.45. The maximum absolute atomic E-state index is 13.5. The van der Waals surface area contributed by atoms with Gasteiger partial charge in [0.2, 0.25) is 0 Å². The third-order valence-electron chi connectivity index (χ3n) is 6.29. The Balaban J connectivity index is 1.41. The van der Waals surface area contributed by atoms with Gasteiger partial charge in [-0.2, -0.15) is 9.61 Å². The minimum absolute atomic E-state index is 0.172. The summed E-state index contributed by atoms with van der Waals surface area (Å²) in [6, 6.07) is 15.9. The minimum atomic E-state index is -0.682. The van der Waals surface area contributed by atoms with E-state index in [-0.39, 0.29) is 6.54 Å². The fourth-order valence-electron chi connectivity index (χ4n) is 4.45. The first-order valence-corrected chi connectivity index (χ1v) is 12.7. The number of nitrogens with zero attached hydrogens (tertiary/aromatic N) is 6. The number of anilines is 1. The van der Waals surface area contributed by atoms with Crippen LogP contribution in [0.3, 0.4) is 0 Å². The number of rotatable bonds is 5. The third-order valence-corrected chi connectivity index (χ3v) is 6.49. The molecule has 4 heterocycles. The molecule has 8 nitrogen and oxygen atoms in total. The summed E-state index contributed by atoms with van der Waals surface area (Å²) in [6.07, 6.45) is 7.41. The zero-order valence-electron chi connectivity index (χ0n) is 20.9. The average Bonchev–Trinajstić information content (AvgIpc) is 3.48. The molecule has 5 aromatic rings. The standard InChI is InChI=1S/C28H27ClN6O2/c1-28(2,3)37-27(36)34(25-14-23(29)32-26-22(19-9-10-19)15-30-35(25)26)17-21-16-33-12-11-20(13-24(33)31-21)18-7-5-4-6-8-18/h4-8,11-16,19H,9-10,17H2,1-3H3. The molecule has 1 saturated carbocycles. The monoisotopic (exact) mass is 514 g/mol. The fraction of sp³-hybridized carbons (Fsp3) is 0.286. The summed E-state index contributed by atoms with van der Waals surface area (Å²) < 4.78 is 9.40. The van der Waals surface area contributed by atoms with Crippen LogP contribution in [-0.2, 0) is 11.3 Å². The normalized spacial score (nSPS) is 13.8. The predicted octanol–water partition coefficient (Wildman–Crippen LogP) is 6.52. The Labute approximate surface area is 219 Å². The molecule has 0 atom stereocenters. The molecule has 37 heavy (non-hydrogen) atoms. The van der Waals surface area contributed by atoms with Gasteiger partial charge in [0.1, 0.15) is 22.2 Å². The lowest BCUT2D eigenvalue weighted by Gasteiger charge is -2.27. The zero-order valence-corrected chi connectivity index (χ0v) is 21.7. The van der Waals surface area contributed by atoms with E-state index in [0.717, 1.165) is 35.2 Å². The van der Waals surface area contributed by atoms with Crippen LogP contribution in [0.5, 0.6) is 0 Å². The highest BCUT2D eigenvalue weighted by atomic mass is 35.5. The SMILES string of the molecule is CC(C)(C)OC(=O)N(Cc1cn2ccc(-c3ccccc3)cc2n1)c1cc(Cl)nc2c(C3CC3)cnn12. The molecule has 188 valence electrons. The first kappa shape index (κ1) is 23.5. The van der Waals surface area contributed by atoms with Crippen LogP contribution in [0.1, 0.15) is 50.8 Å². The van der Waals surface area contributed by atoms with E-state index in [2.05, 4.69) is 28.3 Å². The summed E-state index contributed by atoms with van der Waals surface area (Å²) in [5, 5.41) is 4.86. The number of amides is 1. The Bertz CT molecular complexity index is 1610. The second-order valence-corrected chi connectivity index (χ2v) is 10.8. The van der Waals surface area contributed by atoms with Crippen LogP contribution in [0, 0.1) is 0 Å². The number of hydrogen-bond acceptors (Lipinski definition) is 5. The van der Waals surface area contributed by atoms with Crippen molar-refractivity contribution in [1.29, 1.82) is 0 Å². The van der Waals surface area contributed by atoms with Gasteiger partial charge in [0.25, 0.3) is 0 Å². The lowest BCUT2D eigenvalue weighted by Crippen LogP contribution is -2.37. The fourth-order valence-corrected chi connectivity index (χ4v) is 4.63. The van der Waals surface area contributed by atoms with Gasteiger partial charge < -0.3 is 9.14 Å². The summed E-state index contributed by atoms with van der Waals surface area (Å²) in [5.74, 6) is 0.918. The molecule has 0 aliphatic heterocycles. The number of halogens is 1. The van der Waals surface area contributed by atoms with Crippen molar-refractivity contribution in [2.24, 2.45) is 0 Å². The van der Waals surface area contributed by atoms with Crippen LogP contribution in [0.15, 0.2) is 67.1 Å². The smallest absolute Gasteiger partial charge is 0.416 e. The van der Waals surface area contributed by atoms with Crippen molar-refractivity contribution >= 4 is 34.8 Å². The number of fused-ring (bicyclic) bond motifs is 2. The van der Waals surface area contributed by atoms with E-state index < -0.39 is 11.7 Å². The number of carbonyl (C=O) groups excluding carboxylic acids is 1. The average molecular weight is 515 g/mol. The van der Waals surface area contributed by atoms with Crippen molar-refractivity contribution in [3.05, 3.63) is 83.5 Å². The van der Waals surface area contributed by atoms with E-state index in [0.29, 0.717) is 28.2 Å². The molecule has 0 bridgehead atoms. The topological polar surface area (TPSA) is 77.0 Å². The summed E-state index contributed by atoms with van der Waals surface area (Å²) in [4.78, 5) is 24.4. The molecule has 1 amide bonds. The molecular weight excluding hydrogens is 488 g/mol. The van der Waals surface area contributed by atoms with Gasteiger partial charge in [0.15, 0.2) is 5.65 Å². The van der Waals surface area contributed by atoms with E-state index in [1.54, 1.807) is 10.6 Å². The molecule has 4 aromatic heterocycles. The van der Waals surface area contributed by atoms with Gasteiger partial charge >= 0.3 is 6.09 Å². The van der Waals surface area contributed by atoms with Crippen molar-refractivity contribution in [1.82, 2.24) is 24.0 Å². The maximum atomic E-state index is 13.5. The molecule has 6 rings (SSSR count). The van der Waals surface area contributed by atoms with Crippen LogP contribution >= 0.6 is 11.6 Å².